The van der Waals surface area contributed by atoms with Crippen LogP contribution in [0.4, 0.5) is 11.4 Å². The van der Waals surface area contributed by atoms with Crippen molar-refractivity contribution in [3.05, 3.63) is 94.7 Å². The van der Waals surface area contributed by atoms with Gasteiger partial charge in [-0.15, -0.1) is 0 Å². The van der Waals surface area contributed by atoms with Crippen molar-refractivity contribution in [3.63, 3.8) is 0 Å². The van der Waals surface area contributed by atoms with Crippen molar-refractivity contribution in [1.82, 2.24) is 0 Å². The van der Waals surface area contributed by atoms with Crippen LogP contribution in [-0.4, -0.2) is 5.78 Å². The van der Waals surface area contributed by atoms with Gasteiger partial charge in [0.2, 0.25) is 0 Å². The molecule has 1 atom stereocenters. The highest BCUT2D eigenvalue weighted by molar-refractivity contribution is 6.01. The summed E-state index contributed by atoms with van der Waals surface area (Å²) in [6.45, 7) is 8.57. The molecule has 0 amide bonds. The first kappa shape index (κ1) is 21.3. The van der Waals surface area contributed by atoms with Crippen molar-refractivity contribution < 1.29 is 9.53 Å². The fraction of sp³-hybridized carbons (Fsp3) is 0.276. The van der Waals surface area contributed by atoms with Gasteiger partial charge in [-0.3, -0.25) is 4.79 Å². The summed E-state index contributed by atoms with van der Waals surface area (Å²) < 4.78 is 6.10. The Morgan fingerprint density at radius 1 is 0.848 bits per heavy atom. The maximum absolute atomic E-state index is 13.5. The molecule has 1 heterocycles. The highest BCUT2D eigenvalue weighted by Crippen LogP contribution is 2.46. The van der Waals surface area contributed by atoms with Crippen molar-refractivity contribution in [2.75, 3.05) is 10.6 Å². The number of Topliss-reactive ketones (excluding diaryl/α,β-unsaturated/α-hetero) is 1. The van der Waals surface area contributed by atoms with Gasteiger partial charge in [-0.25, -0.2) is 0 Å². The molecule has 4 heteroatoms. The van der Waals surface area contributed by atoms with Crippen LogP contribution in [-0.2, 0) is 4.79 Å². The van der Waals surface area contributed by atoms with E-state index in [-0.39, 0.29) is 17.2 Å². The number of ketones is 1. The minimum absolute atomic E-state index is 0.0734. The Morgan fingerprint density at radius 2 is 1.55 bits per heavy atom. The predicted octanol–water partition coefficient (Wildman–Crippen LogP) is 7.32. The Kier molecular flexibility index (Phi) is 5.24. The average Bonchev–Trinajstić information content (AvgIpc) is 2.91. The first-order valence-electron chi connectivity index (χ1n) is 11.5. The van der Waals surface area contributed by atoms with Gasteiger partial charge < -0.3 is 15.4 Å². The number of carbonyl (C=O) groups is 1. The molecular formula is C29H30N2O2. The number of hydrogen-bond donors (Lipinski definition) is 2. The van der Waals surface area contributed by atoms with Crippen molar-refractivity contribution in [1.29, 1.82) is 0 Å². The zero-order chi connectivity index (χ0) is 23.2. The highest BCUT2D eigenvalue weighted by Gasteiger charge is 2.38. The molecule has 0 spiro atoms. The summed E-state index contributed by atoms with van der Waals surface area (Å²) in [5, 5.41) is 7.33. The number of benzene rings is 3. The van der Waals surface area contributed by atoms with Gasteiger partial charge in [0.05, 0.1) is 17.4 Å². The smallest absolute Gasteiger partial charge is 0.163 e. The van der Waals surface area contributed by atoms with E-state index in [4.69, 9.17) is 4.74 Å². The fourth-order valence-corrected chi connectivity index (χ4v) is 4.84. The van der Waals surface area contributed by atoms with E-state index in [1.54, 1.807) is 0 Å². The number of aryl methyl sites for hydroxylation is 2. The largest absolute Gasteiger partial charge is 0.457 e. The summed E-state index contributed by atoms with van der Waals surface area (Å²) in [7, 11) is 0. The molecule has 0 bridgehead atoms. The second kappa shape index (κ2) is 8.11. The molecular weight excluding hydrogens is 408 g/mol. The summed E-state index contributed by atoms with van der Waals surface area (Å²) in [6, 6.07) is 21.9. The summed E-state index contributed by atoms with van der Waals surface area (Å²) in [4.78, 5) is 13.5. The Balaban J connectivity index is 1.60. The molecule has 0 saturated carbocycles. The van der Waals surface area contributed by atoms with Crippen LogP contribution in [0.15, 0.2) is 78.0 Å². The molecule has 3 aromatic carbocycles. The monoisotopic (exact) mass is 438 g/mol. The zero-order valence-corrected chi connectivity index (χ0v) is 19.7. The summed E-state index contributed by atoms with van der Waals surface area (Å²) in [5.41, 5.74) is 7.26. The van der Waals surface area contributed by atoms with Crippen LogP contribution in [0, 0.1) is 19.3 Å². The molecule has 2 N–H and O–H groups in total. The minimum Gasteiger partial charge on any atom is -0.457 e. The zero-order valence-electron chi connectivity index (χ0n) is 19.7. The normalized spacial score (nSPS) is 19.0. The first-order chi connectivity index (χ1) is 15.8. The molecule has 1 aliphatic carbocycles. The van der Waals surface area contributed by atoms with Crippen LogP contribution in [0.1, 0.15) is 49.4 Å². The van der Waals surface area contributed by atoms with E-state index in [1.807, 2.05) is 48.5 Å². The first-order valence-corrected chi connectivity index (χ1v) is 11.5. The molecule has 2 aliphatic rings. The fourth-order valence-electron chi connectivity index (χ4n) is 4.84. The molecule has 168 valence electrons. The van der Waals surface area contributed by atoms with E-state index in [2.05, 4.69) is 56.5 Å². The molecule has 4 nitrogen and oxygen atoms in total. The molecule has 5 rings (SSSR count). The summed E-state index contributed by atoms with van der Waals surface area (Å²) >= 11 is 0. The number of fused-ring (bicyclic) bond motifs is 1. The van der Waals surface area contributed by atoms with E-state index in [9.17, 15) is 4.79 Å². The minimum atomic E-state index is -0.251. The molecule has 0 fully saturated rings. The Bertz CT molecular complexity index is 1260. The average molecular weight is 439 g/mol. The molecule has 0 saturated heterocycles. The third kappa shape index (κ3) is 4.25. The lowest BCUT2D eigenvalue weighted by Crippen LogP contribution is -2.31. The summed E-state index contributed by atoms with van der Waals surface area (Å²) in [6.07, 6.45) is 1.37. The quantitative estimate of drug-likeness (QED) is 0.450. The number of anilines is 2. The van der Waals surface area contributed by atoms with Gasteiger partial charge in [0.15, 0.2) is 5.78 Å². The predicted molar refractivity (Wildman–Crippen MR) is 134 cm³/mol. The molecule has 0 unspecified atom stereocenters. The Labute approximate surface area is 195 Å². The lowest BCUT2D eigenvalue weighted by Gasteiger charge is -2.34. The second-order valence-electron chi connectivity index (χ2n) is 10.0. The number of allylic oxidation sites excluding steroid dienone is 1. The molecule has 33 heavy (non-hydrogen) atoms. The molecule has 3 aromatic rings. The van der Waals surface area contributed by atoms with E-state index >= 15 is 0 Å². The van der Waals surface area contributed by atoms with Crippen molar-refractivity contribution in [3.8, 4) is 11.5 Å². The van der Waals surface area contributed by atoms with Crippen LogP contribution >= 0.6 is 0 Å². The van der Waals surface area contributed by atoms with E-state index in [0.717, 1.165) is 46.1 Å². The third-order valence-corrected chi connectivity index (χ3v) is 6.60. The van der Waals surface area contributed by atoms with Crippen LogP contribution in [0.2, 0.25) is 0 Å². The molecule has 1 aliphatic heterocycles. The SMILES string of the molecule is Cc1cc2c(cc1C)N[C@H](c1cccc(Oc3ccccc3)c1)C1=C(CC(C)(C)CC1=O)N2. The lowest BCUT2D eigenvalue weighted by atomic mass is 9.73. The number of carbonyl (C=O) groups excluding carboxylic acids is 1. The van der Waals surface area contributed by atoms with Gasteiger partial charge >= 0.3 is 0 Å². The van der Waals surface area contributed by atoms with E-state index in [0.29, 0.717) is 6.42 Å². The standard InChI is InChI=1S/C29H30N2O2/c1-18-13-23-24(14-19(18)2)31-28(27-25(30-23)16-29(3,4)17-26(27)32)20-9-8-12-22(15-20)33-21-10-6-5-7-11-21/h5-15,28,30-31H,16-17H2,1-4H3/t28-/m1/s1. The van der Waals surface area contributed by atoms with E-state index < -0.39 is 0 Å². The number of hydrogen-bond acceptors (Lipinski definition) is 4. The number of ether oxygens (including phenoxy) is 1. The number of nitrogens with one attached hydrogen (secondary N) is 2. The maximum atomic E-state index is 13.5. The van der Waals surface area contributed by atoms with Gasteiger partial charge in [-0.2, -0.15) is 0 Å². The van der Waals surface area contributed by atoms with Crippen LogP contribution in [0.5, 0.6) is 11.5 Å². The van der Waals surface area contributed by atoms with Crippen LogP contribution in [0.3, 0.4) is 0 Å². The van der Waals surface area contributed by atoms with Gasteiger partial charge in [-0.05, 0) is 78.8 Å². The van der Waals surface area contributed by atoms with Crippen molar-refractivity contribution >= 4 is 17.2 Å². The topological polar surface area (TPSA) is 50.4 Å². The lowest BCUT2D eigenvalue weighted by molar-refractivity contribution is -0.118. The van der Waals surface area contributed by atoms with Crippen molar-refractivity contribution in [2.45, 2.75) is 46.6 Å². The third-order valence-electron chi connectivity index (χ3n) is 6.60. The van der Waals surface area contributed by atoms with Gasteiger partial charge in [0, 0.05) is 17.7 Å². The highest BCUT2D eigenvalue weighted by atomic mass is 16.5. The maximum Gasteiger partial charge on any atom is 0.163 e. The number of para-hydroxylation sites is 1. The van der Waals surface area contributed by atoms with Crippen LogP contribution < -0.4 is 15.4 Å². The molecule has 0 radical (unpaired) electrons. The van der Waals surface area contributed by atoms with Gasteiger partial charge in [-0.1, -0.05) is 44.2 Å². The summed E-state index contributed by atoms with van der Waals surface area (Å²) in [5.74, 6) is 1.74. The number of rotatable bonds is 3. The van der Waals surface area contributed by atoms with Gasteiger partial charge in [0.25, 0.3) is 0 Å². The van der Waals surface area contributed by atoms with Crippen LogP contribution in [0.25, 0.3) is 0 Å². The Morgan fingerprint density at radius 3 is 2.30 bits per heavy atom. The van der Waals surface area contributed by atoms with Gasteiger partial charge in [0.1, 0.15) is 11.5 Å². The van der Waals surface area contributed by atoms with Crippen molar-refractivity contribution in [2.24, 2.45) is 5.41 Å². The Hall–Kier alpha value is -3.53. The van der Waals surface area contributed by atoms with E-state index in [1.165, 1.54) is 11.1 Å². The molecule has 0 aromatic heterocycles. The second-order valence-corrected chi connectivity index (χ2v) is 10.0.